The molecule has 3 heterocycles. The molecule has 0 spiro atoms. The molecule has 6 nitrogen and oxygen atoms in total. The molecule has 3 aromatic rings. The van der Waals surface area contributed by atoms with Crippen LogP contribution in [0, 0.1) is 0 Å². The molecule has 0 saturated heterocycles. The predicted octanol–water partition coefficient (Wildman–Crippen LogP) is 4.01. The third kappa shape index (κ3) is 4.04. The van der Waals surface area contributed by atoms with Gasteiger partial charge in [0.2, 0.25) is 0 Å². The van der Waals surface area contributed by atoms with E-state index in [0.717, 1.165) is 22.4 Å². The Morgan fingerprint density at radius 3 is 2.83 bits per heavy atom. The van der Waals surface area contributed by atoms with Crippen LogP contribution in [0.2, 0.25) is 0 Å². The molecular formula is C22H24N2O4S2. The number of rotatable bonds is 6. The Bertz CT molecular complexity index is 1140. The van der Waals surface area contributed by atoms with Crippen molar-refractivity contribution >= 4 is 39.3 Å². The molecule has 158 valence electrons. The van der Waals surface area contributed by atoms with Crippen molar-refractivity contribution in [2.75, 3.05) is 12.9 Å². The highest BCUT2D eigenvalue weighted by Crippen LogP contribution is 2.38. The van der Waals surface area contributed by atoms with Crippen molar-refractivity contribution in [2.24, 2.45) is 0 Å². The number of esters is 1. The van der Waals surface area contributed by atoms with E-state index < -0.39 is 0 Å². The lowest BCUT2D eigenvalue weighted by molar-refractivity contribution is -0.137. The fourth-order valence-corrected chi connectivity index (χ4v) is 5.53. The number of fused-ring (bicyclic) bond motifs is 3. The van der Waals surface area contributed by atoms with E-state index in [1.54, 1.807) is 4.57 Å². The van der Waals surface area contributed by atoms with Crippen molar-refractivity contribution in [2.45, 2.75) is 50.6 Å². The molecule has 1 atom stereocenters. The molecule has 30 heavy (non-hydrogen) atoms. The summed E-state index contributed by atoms with van der Waals surface area (Å²) in [6.45, 7) is 5.10. The summed E-state index contributed by atoms with van der Waals surface area (Å²) in [6, 6.07) is 9.81. The normalized spacial score (nSPS) is 18.4. The zero-order valence-electron chi connectivity index (χ0n) is 17.3. The number of carbonyl (C=O) groups excluding carboxylic acids is 1. The molecule has 0 aliphatic carbocycles. The summed E-state index contributed by atoms with van der Waals surface area (Å²) in [7, 11) is 1.36. The van der Waals surface area contributed by atoms with Crippen LogP contribution >= 0.6 is 23.1 Å². The van der Waals surface area contributed by atoms with Gasteiger partial charge in [-0.2, -0.15) is 0 Å². The number of thiophene rings is 1. The lowest BCUT2D eigenvalue weighted by Crippen LogP contribution is -2.34. The van der Waals surface area contributed by atoms with Gasteiger partial charge in [0.1, 0.15) is 4.83 Å². The van der Waals surface area contributed by atoms with E-state index in [-0.39, 0.29) is 22.9 Å². The SMILES string of the molecule is CC[C@@]1(C)Cc2c(sc3nc(SCC(=O)OC)n(Cc4ccccc4)c(=O)c23)CO1. The number of nitrogens with zero attached hydrogens (tertiary/aromatic N) is 2. The largest absolute Gasteiger partial charge is 0.468 e. The molecule has 1 aliphatic heterocycles. The maximum Gasteiger partial charge on any atom is 0.316 e. The first-order chi connectivity index (χ1) is 14.4. The van der Waals surface area contributed by atoms with Crippen molar-refractivity contribution in [3.8, 4) is 0 Å². The van der Waals surface area contributed by atoms with Gasteiger partial charge in [-0.25, -0.2) is 4.98 Å². The quantitative estimate of drug-likeness (QED) is 0.325. The van der Waals surface area contributed by atoms with Gasteiger partial charge in [-0.3, -0.25) is 14.2 Å². The zero-order valence-corrected chi connectivity index (χ0v) is 18.9. The van der Waals surface area contributed by atoms with Crippen molar-refractivity contribution in [3.05, 3.63) is 56.7 Å². The molecule has 1 aromatic carbocycles. The third-order valence-corrected chi connectivity index (χ3v) is 7.59. The summed E-state index contributed by atoms with van der Waals surface area (Å²) in [5.41, 5.74) is 1.74. The monoisotopic (exact) mass is 444 g/mol. The minimum Gasteiger partial charge on any atom is -0.468 e. The first kappa shape index (κ1) is 21.1. The van der Waals surface area contributed by atoms with Crippen molar-refractivity contribution in [1.29, 1.82) is 0 Å². The van der Waals surface area contributed by atoms with Gasteiger partial charge in [0, 0.05) is 11.3 Å². The van der Waals surface area contributed by atoms with Gasteiger partial charge < -0.3 is 9.47 Å². The maximum atomic E-state index is 13.7. The average molecular weight is 445 g/mol. The van der Waals surface area contributed by atoms with Crippen LogP contribution in [0.3, 0.4) is 0 Å². The third-order valence-electron chi connectivity index (χ3n) is 5.54. The lowest BCUT2D eigenvalue weighted by atomic mass is 9.90. The number of carbonyl (C=O) groups is 1. The van der Waals surface area contributed by atoms with E-state index in [2.05, 4.69) is 13.8 Å². The smallest absolute Gasteiger partial charge is 0.316 e. The second-order valence-electron chi connectivity index (χ2n) is 7.59. The van der Waals surface area contributed by atoms with E-state index in [9.17, 15) is 9.59 Å². The standard InChI is InChI=1S/C22H24N2O4S2/c1-4-22(2)10-15-16(12-28-22)30-19-18(15)20(26)24(11-14-8-6-5-7-9-14)21(23-19)29-13-17(25)27-3/h5-9H,4,10-13H2,1-3H3/t22-/m0/s1. The highest BCUT2D eigenvalue weighted by molar-refractivity contribution is 7.99. The second-order valence-corrected chi connectivity index (χ2v) is 9.62. The number of hydrogen-bond acceptors (Lipinski definition) is 7. The van der Waals surface area contributed by atoms with E-state index >= 15 is 0 Å². The Kier molecular flexibility index (Phi) is 5.99. The van der Waals surface area contributed by atoms with Crippen LogP contribution in [0.25, 0.3) is 10.2 Å². The lowest BCUT2D eigenvalue weighted by Gasteiger charge is -2.32. The first-order valence-corrected chi connectivity index (χ1v) is 11.7. The summed E-state index contributed by atoms with van der Waals surface area (Å²) >= 11 is 2.75. The van der Waals surface area contributed by atoms with Gasteiger partial charge >= 0.3 is 5.97 Å². The van der Waals surface area contributed by atoms with Crippen molar-refractivity contribution < 1.29 is 14.3 Å². The Balaban J connectivity index is 1.84. The Hall–Kier alpha value is -2.16. The molecule has 0 unspecified atom stereocenters. The number of hydrogen-bond donors (Lipinski definition) is 0. The molecule has 0 radical (unpaired) electrons. The van der Waals surface area contributed by atoms with Crippen LogP contribution in [-0.2, 0) is 33.8 Å². The molecule has 2 aromatic heterocycles. The Morgan fingerprint density at radius 1 is 1.37 bits per heavy atom. The summed E-state index contributed by atoms with van der Waals surface area (Å²) in [5.74, 6) is -0.246. The van der Waals surface area contributed by atoms with E-state index in [1.807, 2.05) is 30.3 Å². The Labute approximate surface area is 183 Å². The highest BCUT2D eigenvalue weighted by Gasteiger charge is 2.33. The van der Waals surface area contributed by atoms with Gasteiger partial charge in [0.05, 0.1) is 37.0 Å². The molecule has 1 aliphatic rings. The molecule has 0 saturated carbocycles. The van der Waals surface area contributed by atoms with Gasteiger partial charge in [-0.15, -0.1) is 11.3 Å². The number of methoxy groups -OCH3 is 1. The molecule has 4 rings (SSSR count). The van der Waals surface area contributed by atoms with Crippen LogP contribution in [0.4, 0.5) is 0 Å². The van der Waals surface area contributed by atoms with Gasteiger partial charge in [-0.1, -0.05) is 49.0 Å². The number of ether oxygens (including phenoxy) is 2. The van der Waals surface area contributed by atoms with Gasteiger partial charge in [0.15, 0.2) is 5.16 Å². The number of thioether (sulfide) groups is 1. The molecule has 0 fully saturated rings. The molecule has 8 heteroatoms. The minimum atomic E-state index is -0.349. The van der Waals surface area contributed by atoms with Gasteiger partial charge in [0.25, 0.3) is 5.56 Å². The van der Waals surface area contributed by atoms with Crippen molar-refractivity contribution in [3.63, 3.8) is 0 Å². The van der Waals surface area contributed by atoms with Crippen LogP contribution < -0.4 is 5.56 Å². The molecule has 0 bridgehead atoms. The molecule has 0 N–H and O–H groups in total. The summed E-state index contributed by atoms with van der Waals surface area (Å²) in [6.07, 6.45) is 1.58. The summed E-state index contributed by atoms with van der Waals surface area (Å²) < 4.78 is 12.5. The van der Waals surface area contributed by atoms with Crippen LogP contribution in [0.15, 0.2) is 40.3 Å². The van der Waals surface area contributed by atoms with Crippen LogP contribution in [0.1, 0.15) is 36.3 Å². The number of aromatic nitrogens is 2. The van der Waals surface area contributed by atoms with E-state index in [0.29, 0.717) is 34.9 Å². The van der Waals surface area contributed by atoms with Crippen LogP contribution in [-0.4, -0.2) is 34.0 Å². The highest BCUT2D eigenvalue weighted by atomic mass is 32.2. The fraction of sp³-hybridized carbons (Fsp3) is 0.409. The maximum absolute atomic E-state index is 13.7. The average Bonchev–Trinajstić information content (AvgIpc) is 3.12. The van der Waals surface area contributed by atoms with Gasteiger partial charge in [-0.05, 0) is 24.5 Å². The fourth-order valence-electron chi connectivity index (χ4n) is 3.56. The molecular weight excluding hydrogens is 420 g/mol. The van der Waals surface area contributed by atoms with E-state index in [1.165, 1.54) is 30.2 Å². The summed E-state index contributed by atoms with van der Waals surface area (Å²) in [4.78, 5) is 31.9. The zero-order chi connectivity index (χ0) is 21.3. The minimum absolute atomic E-state index is 0.0610. The number of benzene rings is 1. The second kappa shape index (κ2) is 8.53. The van der Waals surface area contributed by atoms with Crippen molar-refractivity contribution in [1.82, 2.24) is 9.55 Å². The van der Waals surface area contributed by atoms with E-state index in [4.69, 9.17) is 14.5 Å². The van der Waals surface area contributed by atoms with Crippen LogP contribution in [0.5, 0.6) is 0 Å². The predicted molar refractivity (Wildman–Crippen MR) is 119 cm³/mol. The first-order valence-electron chi connectivity index (χ1n) is 9.86. The Morgan fingerprint density at radius 2 is 2.13 bits per heavy atom. The topological polar surface area (TPSA) is 70.4 Å². The summed E-state index contributed by atoms with van der Waals surface area (Å²) in [5, 5.41) is 1.22. The molecule has 0 amide bonds.